The number of unbranched alkanes of at least 4 members (excludes halogenated alkanes) is 58. The summed E-state index contributed by atoms with van der Waals surface area (Å²) in [6.07, 6.45) is 109. The number of rotatable bonds is 73. The van der Waals surface area contributed by atoms with Gasteiger partial charge < -0.3 is 15.5 Å². The first-order valence-corrected chi connectivity index (χ1v) is 39.0. The van der Waals surface area contributed by atoms with E-state index in [0.717, 1.165) is 44.9 Å². The summed E-state index contributed by atoms with van der Waals surface area (Å²) in [7, 11) is 0. The molecule has 1 amide bonds. The van der Waals surface area contributed by atoms with Gasteiger partial charge in [-0.3, -0.25) is 4.79 Å². The molecule has 0 aromatic carbocycles. The van der Waals surface area contributed by atoms with Gasteiger partial charge in [0.2, 0.25) is 5.91 Å². The van der Waals surface area contributed by atoms with Crippen LogP contribution in [-0.4, -0.2) is 34.9 Å². The quantitative estimate of drug-likeness (QED) is 0.0420. The number of carbonyl (C=O) groups excluding carboxylic acids is 1. The maximum Gasteiger partial charge on any atom is 0.220 e. The maximum atomic E-state index is 12.6. The molecule has 2 atom stereocenters. The number of amides is 1. The van der Waals surface area contributed by atoms with Crippen molar-refractivity contribution in [3.8, 4) is 0 Å². The van der Waals surface area contributed by atoms with E-state index in [0.29, 0.717) is 6.42 Å². The number of carbonyl (C=O) groups is 1. The summed E-state index contributed by atoms with van der Waals surface area (Å²) >= 11 is 0. The van der Waals surface area contributed by atoms with Crippen molar-refractivity contribution in [1.29, 1.82) is 0 Å². The predicted molar refractivity (Wildman–Crippen MR) is 382 cm³/mol. The predicted octanol–water partition coefficient (Wildman–Crippen LogP) is 27.0. The molecule has 500 valence electrons. The zero-order valence-electron chi connectivity index (χ0n) is 57.9. The highest BCUT2D eigenvalue weighted by molar-refractivity contribution is 5.76. The summed E-state index contributed by atoms with van der Waals surface area (Å²) < 4.78 is 0. The van der Waals surface area contributed by atoms with Crippen molar-refractivity contribution in [1.82, 2.24) is 5.32 Å². The number of aliphatic hydroxyl groups excluding tert-OH is 2. The van der Waals surface area contributed by atoms with E-state index in [1.165, 1.54) is 366 Å². The third kappa shape index (κ3) is 72.7. The summed E-state index contributed by atoms with van der Waals surface area (Å²) in [5.41, 5.74) is 0. The highest BCUT2D eigenvalue weighted by atomic mass is 16.3. The fraction of sp³-hybridized carbons (Fsp3) is 0.864. The highest BCUT2D eigenvalue weighted by Crippen LogP contribution is 2.20. The standard InChI is InChI=1S/C81H153NO3/c1-3-5-7-9-11-13-15-17-19-21-23-25-27-29-31-33-35-37-38-39-40-41-42-43-44-45-47-49-51-53-55-57-59-61-63-65-67-69-71-73-75-77-81(85)82-79(78-83)80(84)76-74-72-70-68-66-64-62-60-58-56-54-52-50-48-46-36-34-32-30-28-26-24-22-20-18-16-14-12-10-8-6-4-2/h15,17,21,23,27,29,66,68,74,76,79-80,83-84H,3-14,16,18-20,22,24-26,28,30-65,67,69-73,75,77-78H2,1-2H3,(H,82,85)/b17-15-,23-21-,29-27-,68-66+,76-74+. The molecule has 0 saturated carbocycles. The molecular weight excluding hydrogens is 1030 g/mol. The number of nitrogens with one attached hydrogen (secondary N) is 1. The largest absolute Gasteiger partial charge is 0.394 e. The molecule has 0 aliphatic carbocycles. The van der Waals surface area contributed by atoms with Crippen LogP contribution in [0, 0.1) is 0 Å². The van der Waals surface area contributed by atoms with Gasteiger partial charge in [-0.1, -0.05) is 415 Å². The van der Waals surface area contributed by atoms with Crippen LogP contribution in [-0.2, 0) is 4.79 Å². The molecule has 3 N–H and O–H groups in total. The van der Waals surface area contributed by atoms with E-state index in [4.69, 9.17) is 0 Å². The molecule has 0 aliphatic rings. The van der Waals surface area contributed by atoms with Crippen LogP contribution in [0.3, 0.4) is 0 Å². The molecule has 0 aromatic heterocycles. The molecule has 4 heteroatoms. The molecular formula is C81H153NO3. The van der Waals surface area contributed by atoms with Crippen LogP contribution in [0.5, 0.6) is 0 Å². The lowest BCUT2D eigenvalue weighted by atomic mass is 10.0. The minimum absolute atomic E-state index is 0.0655. The van der Waals surface area contributed by atoms with E-state index in [2.05, 4.69) is 67.8 Å². The molecule has 85 heavy (non-hydrogen) atoms. The van der Waals surface area contributed by atoms with Crippen molar-refractivity contribution in [2.75, 3.05) is 6.61 Å². The van der Waals surface area contributed by atoms with Crippen LogP contribution in [0.2, 0.25) is 0 Å². The Hall–Kier alpha value is -1.91. The zero-order valence-corrected chi connectivity index (χ0v) is 57.9. The van der Waals surface area contributed by atoms with Gasteiger partial charge in [0, 0.05) is 6.42 Å². The Bertz CT molecular complexity index is 1400. The summed E-state index contributed by atoms with van der Waals surface area (Å²) in [4.78, 5) is 12.6. The third-order valence-electron chi connectivity index (χ3n) is 18.2. The molecule has 0 spiro atoms. The highest BCUT2D eigenvalue weighted by Gasteiger charge is 2.18. The van der Waals surface area contributed by atoms with Gasteiger partial charge in [0.15, 0.2) is 0 Å². The first kappa shape index (κ1) is 83.1. The van der Waals surface area contributed by atoms with Crippen molar-refractivity contribution in [3.63, 3.8) is 0 Å². The lowest BCUT2D eigenvalue weighted by Gasteiger charge is -2.19. The average Bonchev–Trinajstić information content (AvgIpc) is 3.51. The molecule has 0 radical (unpaired) electrons. The van der Waals surface area contributed by atoms with E-state index < -0.39 is 12.1 Å². The van der Waals surface area contributed by atoms with Crippen LogP contribution in [0.4, 0.5) is 0 Å². The van der Waals surface area contributed by atoms with E-state index in [9.17, 15) is 15.0 Å². The Morgan fingerprint density at radius 2 is 0.494 bits per heavy atom. The zero-order chi connectivity index (χ0) is 61.2. The van der Waals surface area contributed by atoms with Gasteiger partial charge >= 0.3 is 0 Å². The maximum absolute atomic E-state index is 12.6. The SMILES string of the molecule is CCCCCCC/C=C\C/C=C\C/C=C\CCCCCCCCCCCCCCCCCCCCCCCCCCCCC(=O)NC(CO)C(O)/C=C/CC/C=C/CCCCCCCCCCCCCCCCCCCCCCCCCCCC. The second-order valence-corrected chi connectivity index (χ2v) is 26.8. The fourth-order valence-corrected chi connectivity index (χ4v) is 12.3. The average molecular weight is 1190 g/mol. The number of aliphatic hydroxyl groups is 2. The van der Waals surface area contributed by atoms with Crippen LogP contribution in [0.25, 0.3) is 0 Å². The van der Waals surface area contributed by atoms with E-state index >= 15 is 0 Å². The lowest BCUT2D eigenvalue weighted by Crippen LogP contribution is -2.45. The molecule has 0 aromatic rings. The van der Waals surface area contributed by atoms with Crippen molar-refractivity contribution in [2.45, 2.75) is 443 Å². The molecule has 0 rings (SSSR count). The minimum Gasteiger partial charge on any atom is -0.394 e. The van der Waals surface area contributed by atoms with Gasteiger partial charge in [-0.2, -0.15) is 0 Å². The summed E-state index contributed by atoms with van der Waals surface area (Å²) in [6, 6.07) is -0.641. The summed E-state index contributed by atoms with van der Waals surface area (Å²) in [5.74, 6) is -0.0655. The Morgan fingerprint density at radius 1 is 0.282 bits per heavy atom. The summed E-state index contributed by atoms with van der Waals surface area (Å²) in [6.45, 7) is 4.33. The van der Waals surface area contributed by atoms with E-state index in [1.54, 1.807) is 6.08 Å². The van der Waals surface area contributed by atoms with Crippen molar-refractivity contribution in [2.24, 2.45) is 0 Å². The van der Waals surface area contributed by atoms with Crippen molar-refractivity contribution < 1.29 is 15.0 Å². The molecule has 2 unspecified atom stereocenters. The topological polar surface area (TPSA) is 69.6 Å². The summed E-state index contributed by atoms with van der Waals surface area (Å²) in [5, 5.41) is 23.3. The molecule has 0 bridgehead atoms. The monoisotopic (exact) mass is 1190 g/mol. The fourth-order valence-electron chi connectivity index (χ4n) is 12.3. The van der Waals surface area contributed by atoms with Crippen LogP contribution in [0.1, 0.15) is 431 Å². The number of allylic oxidation sites excluding steroid dienone is 9. The van der Waals surface area contributed by atoms with Crippen LogP contribution in [0.15, 0.2) is 60.8 Å². The Morgan fingerprint density at radius 3 is 0.765 bits per heavy atom. The van der Waals surface area contributed by atoms with Crippen molar-refractivity contribution >= 4 is 5.91 Å². The number of hydrogen-bond acceptors (Lipinski definition) is 3. The first-order valence-electron chi connectivity index (χ1n) is 39.0. The lowest BCUT2D eigenvalue weighted by molar-refractivity contribution is -0.123. The van der Waals surface area contributed by atoms with Gasteiger partial charge in [-0.25, -0.2) is 0 Å². The van der Waals surface area contributed by atoms with Gasteiger partial charge in [-0.05, 0) is 70.6 Å². The molecule has 0 saturated heterocycles. The number of hydrogen-bond donors (Lipinski definition) is 3. The van der Waals surface area contributed by atoms with Gasteiger partial charge in [0.25, 0.3) is 0 Å². The third-order valence-corrected chi connectivity index (χ3v) is 18.2. The first-order chi connectivity index (χ1) is 42.2. The van der Waals surface area contributed by atoms with Crippen LogP contribution < -0.4 is 5.32 Å². The minimum atomic E-state index is -0.864. The smallest absolute Gasteiger partial charge is 0.220 e. The Labute approximate surface area is 534 Å². The van der Waals surface area contributed by atoms with E-state index in [-0.39, 0.29) is 12.5 Å². The molecule has 0 heterocycles. The molecule has 0 fully saturated rings. The molecule has 4 nitrogen and oxygen atoms in total. The second kappa shape index (κ2) is 76.3. The second-order valence-electron chi connectivity index (χ2n) is 26.8. The van der Waals surface area contributed by atoms with Gasteiger partial charge in [0.1, 0.15) is 0 Å². The van der Waals surface area contributed by atoms with Crippen LogP contribution >= 0.6 is 0 Å². The normalized spacial score (nSPS) is 12.9. The Kier molecular flexibility index (Phi) is 74.6. The van der Waals surface area contributed by atoms with Gasteiger partial charge in [-0.15, -0.1) is 0 Å². The Balaban J connectivity index is 3.42. The molecule has 0 aliphatic heterocycles. The van der Waals surface area contributed by atoms with Crippen molar-refractivity contribution in [3.05, 3.63) is 60.8 Å². The van der Waals surface area contributed by atoms with Gasteiger partial charge in [0.05, 0.1) is 18.8 Å². The van der Waals surface area contributed by atoms with E-state index in [1.807, 2.05) is 6.08 Å².